The highest BCUT2D eigenvalue weighted by Crippen LogP contribution is 2.08. The molecule has 6 nitrogen and oxygen atoms in total. The molecule has 0 aliphatic carbocycles. The second-order valence-electron chi connectivity index (χ2n) is 3.70. The topological polar surface area (TPSA) is 78.9 Å². The summed E-state index contributed by atoms with van der Waals surface area (Å²) in [5.41, 5.74) is 0. The number of carbonyl (C=O) groups is 2. The molecule has 1 heterocycles. The maximum atomic E-state index is 11.8. The van der Waals surface area contributed by atoms with Gasteiger partial charge in [0.1, 0.15) is 0 Å². The molecule has 2 atom stereocenters. The monoisotopic (exact) mass is 240 g/mol. The highest BCUT2D eigenvalue weighted by molar-refractivity contribution is 5.83. The molecular weight excluding hydrogens is 224 g/mol. The molecule has 1 saturated heterocycles. The average Bonchev–Trinajstić information content (AvgIpc) is 2.35. The average molecular weight is 240 g/mol. The van der Waals surface area contributed by atoms with Gasteiger partial charge in [-0.3, -0.25) is 0 Å². The fraction of sp³-hybridized carbons (Fsp3) is 0.636. The molecule has 6 heteroatoms. The molecule has 2 N–H and O–H groups in total. The zero-order chi connectivity index (χ0) is 12.8. The number of hydrogen-bond acceptors (Lipinski definition) is 3. The molecule has 0 aromatic rings. The Balaban J connectivity index is 2.65. The van der Waals surface area contributed by atoms with Gasteiger partial charge in [0.15, 0.2) is 6.04 Å². The Morgan fingerprint density at radius 3 is 2.94 bits per heavy atom. The van der Waals surface area contributed by atoms with Gasteiger partial charge in [0, 0.05) is 6.54 Å². The number of hydrogen-bond donors (Lipinski definition) is 2. The summed E-state index contributed by atoms with van der Waals surface area (Å²) >= 11 is 0. The number of rotatable bonds is 3. The summed E-state index contributed by atoms with van der Waals surface area (Å²) in [4.78, 5) is 24.0. The number of carboxylic acid groups (broad SMARTS) is 1. The van der Waals surface area contributed by atoms with Crippen molar-refractivity contribution in [3.05, 3.63) is 0 Å². The SMILES string of the molecule is C#CC(CC)NC(=O)N1CCOCC1C(=O)O. The van der Waals surface area contributed by atoms with Gasteiger partial charge in [0.05, 0.1) is 19.3 Å². The quantitative estimate of drug-likeness (QED) is 0.675. The third kappa shape index (κ3) is 3.36. The molecule has 94 valence electrons. The number of morpholine rings is 1. The number of carboxylic acids is 1. The highest BCUT2D eigenvalue weighted by Gasteiger charge is 2.33. The Bertz CT molecular complexity index is 337. The van der Waals surface area contributed by atoms with E-state index in [1.165, 1.54) is 4.90 Å². The fourth-order valence-electron chi connectivity index (χ4n) is 1.54. The van der Waals surface area contributed by atoms with Crippen LogP contribution in [0.4, 0.5) is 4.79 Å². The smallest absolute Gasteiger partial charge is 0.328 e. The molecule has 2 unspecified atom stereocenters. The molecule has 0 radical (unpaired) electrons. The van der Waals surface area contributed by atoms with Crippen molar-refractivity contribution in [2.45, 2.75) is 25.4 Å². The van der Waals surface area contributed by atoms with Crippen molar-refractivity contribution < 1.29 is 19.4 Å². The number of urea groups is 1. The third-order valence-electron chi connectivity index (χ3n) is 2.58. The van der Waals surface area contributed by atoms with Crippen molar-refractivity contribution >= 4 is 12.0 Å². The maximum Gasteiger partial charge on any atom is 0.328 e. The predicted molar refractivity (Wildman–Crippen MR) is 60.4 cm³/mol. The first-order valence-corrected chi connectivity index (χ1v) is 5.44. The zero-order valence-corrected chi connectivity index (χ0v) is 9.68. The normalized spacial score (nSPS) is 21.4. The van der Waals surface area contributed by atoms with Gasteiger partial charge in [0.2, 0.25) is 0 Å². The van der Waals surface area contributed by atoms with Crippen LogP contribution >= 0.6 is 0 Å². The van der Waals surface area contributed by atoms with E-state index in [0.717, 1.165) is 0 Å². The zero-order valence-electron chi connectivity index (χ0n) is 9.68. The predicted octanol–water partition coefficient (Wildman–Crippen LogP) is -0.107. The van der Waals surface area contributed by atoms with E-state index >= 15 is 0 Å². The van der Waals surface area contributed by atoms with Crippen LogP contribution in [0.15, 0.2) is 0 Å². The van der Waals surface area contributed by atoms with Crippen LogP contribution in [-0.2, 0) is 9.53 Å². The molecule has 0 aromatic heterocycles. The first-order chi connectivity index (χ1) is 8.10. The van der Waals surface area contributed by atoms with Crippen molar-refractivity contribution in [1.82, 2.24) is 10.2 Å². The Kier molecular flexibility index (Phi) is 4.79. The van der Waals surface area contributed by atoms with Gasteiger partial charge in [-0.15, -0.1) is 6.42 Å². The lowest BCUT2D eigenvalue weighted by atomic mass is 10.2. The van der Waals surface area contributed by atoms with E-state index < -0.39 is 18.0 Å². The molecule has 1 aliphatic rings. The van der Waals surface area contributed by atoms with Crippen LogP contribution in [0.1, 0.15) is 13.3 Å². The Labute approximate surface area is 99.9 Å². The van der Waals surface area contributed by atoms with Crippen LogP contribution < -0.4 is 5.32 Å². The van der Waals surface area contributed by atoms with Gasteiger partial charge >= 0.3 is 12.0 Å². The summed E-state index contributed by atoms with van der Waals surface area (Å²) < 4.78 is 5.04. The molecule has 0 bridgehead atoms. The van der Waals surface area contributed by atoms with Crippen LogP contribution in [-0.4, -0.2) is 53.8 Å². The van der Waals surface area contributed by atoms with Gasteiger partial charge in [-0.05, 0) is 6.42 Å². The molecule has 2 amide bonds. The van der Waals surface area contributed by atoms with Crippen molar-refractivity contribution in [2.24, 2.45) is 0 Å². The Morgan fingerprint density at radius 2 is 2.41 bits per heavy atom. The van der Waals surface area contributed by atoms with Crippen LogP contribution in [0.25, 0.3) is 0 Å². The van der Waals surface area contributed by atoms with Crippen molar-refractivity contribution in [3.8, 4) is 12.3 Å². The highest BCUT2D eigenvalue weighted by atomic mass is 16.5. The lowest BCUT2D eigenvalue weighted by Gasteiger charge is -2.33. The van der Waals surface area contributed by atoms with E-state index in [-0.39, 0.29) is 19.2 Å². The minimum atomic E-state index is -1.08. The lowest BCUT2D eigenvalue weighted by molar-refractivity contribution is -0.147. The summed E-state index contributed by atoms with van der Waals surface area (Å²) in [6, 6.07) is -1.77. The third-order valence-corrected chi connectivity index (χ3v) is 2.58. The number of terminal acetylenes is 1. The number of carbonyl (C=O) groups excluding carboxylic acids is 1. The molecule has 1 aliphatic heterocycles. The van der Waals surface area contributed by atoms with E-state index in [1.807, 2.05) is 6.92 Å². The number of nitrogens with one attached hydrogen (secondary N) is 1. The second kappa shape index (κ2) is 6.11. The minimum Gasteiger partial charge on any atom is -0.480 e. The Morgan fingerprint density at radius 1 is 1.71 bits per heavy atom. The number of ether oxygens (including phenoxy) is 1. The summed E-state index contributed by atoms with van der Waals surface area (Å²) in [6.07, 6.45) is 5.83. The first kappa shape index (κ1) is 13.3. The van der Waals surface area contributed by atoms with Gasteiger partial charge in [-0.2, -0.15) is 0 Å². The standard InChI is InChI=1S/C11H16N2O4/c1-3-8(4-2)12-11(16)13-5-6-17-7-9(13)10(14)15/h1,8-9H,4-7H2,2H3,(H,12,16)(H,14,15). The molecule has 1 fully saturated rings. The molecule has 1 rings (SSSR count). The van der Waals surface area contributed by atoms with Crippen LogP contribution in [0.3, 0.4) is 0 Å². The van der Waals surface area contributed by atoms with Crippen LogP contribution in [0.2, 0.25) is 0 Å². The van der Waals surface area contributed by atoms with Crippen molar-refractivity contribution in [3.63, 3.8) is 0 Å². The van der Waals surface area contributed by atoms with Crippen molar-refractivity contribution in [1.29, 1.82) is 0 Å². The fourth-order valence-corrected chi connectivity index (χ4v) is 1.54. The summed E-state index contributed by atoms with van der Waals surface area (Å²) in [5.74, 6) is 1.35. The van der Waals surface area contributed by atoms with E-state index in [9.17, 15) is 9.59 Å². The van der Waals surface area contributed by atoms with Gasteiger partial charge < -0.3 is 20.1 Å². The van der Waals surface area contributed by atoms with Crippen LogP contribution in [0, 0.1) is 12.3 Å². The van der Waals surface area contributed by atoms with Crippen molar-refractivity contribution in [2.75, 3.05) is 19.8 Å². The Hall–Kier alpha value is -1.74. The molecule has 0 aromatic carbocycles. The molecule has 17 heavy (non-hydrogen) atoms. The van der Waals surface area contributed by atoms with Gasteiger partial charge in [-0.1, -0.05) is 12.8 Å². The van der Waals surface area contributed by atoms with Crippen LogP contribution in [0.5, 0.6) is 0 Å². The minimum absolute atomic E-state index is 0.00952. The van der Waals surface area contributed by atoms with E-state index in [0.29, 0.717) is 13.0 Å². The number of aliphatic carboxylic acids is 1. The largest absolute Gasteiger partial charge is 0.480 e. The summed E-state index contributed by atoms with van der Waals surface area (Å²) in [5, 5.41) is 11.6. The summed E-state index contributed by atoms with van der Waals surface area (Å²) in [7, 11) is 0. The maximum absolute atomic E-state index is 11.8. The molecular formula is C11H16N2O4. The number of amides is 2. The van der Waals surface area contributed by atoms with E-state index in [2.05, 4.69) is 11.2 Å². The van der Waals surface area contributed by atoms with E-state index in [4.69, 9.17) is 16.3 Å². The van der Waals surface area contributed by atoms with E-state index in [1.54, 1.807) is 0 Å². The first-order valence-electron chi connectivity index (χ1n) is 5.44. The molecule has 0 spiro atoms. The van der Waals surface area contributed by atoms with Gasteiger partial charge in [-0.25, -0.2) is 9.59 Å². The lowest BCUT2D eigenvalue weighted by Crippen LogP contribution is -2.56. The second-order valence-corrected chi connectivity index (χ2v) is 3.70. The molecule has 0 saturated carbocycles. The van der Waals surface area contributed by atoms with Gasteiger partial charge in [0.25, 0.3) is 0 Å². The summed E-state index contributed by atoms with van der Waals surface area (Å²) in [6.45, 7) is 2.45. The number of nitrogens with zero attached hydrogens (tertiary/aromatic N) is 1.